The molecule has 0 saturated carbocycles. The number of halogens is 1. The number of carbonyl (C=O) groups is 1. The second kappa shape index (κ2) is 5.16. The van der Waals surface area contributed by atoms with E-state index in [0.29, 0.717) is 9.36 Å². The van der Waals surface area contributed by atoms with Crippen molar-refractivity contribution in [1.82, 2.24) is 9.32 Å². The molecule has 20 heavy (non-hydrogen) atoms. The highest BCUT2D eigenvalue weighted by Crippen LogP contribution is 2.42. The first-order chi connectivity index (χ1) is 9.20. The van der Waals surface area contributed by atoms with Crippen LogP contribution in [-0.2, 0) is 15.8 Å². The Bertz CT molecular complexity index is 725. The topological polar surface area (TPSA) is 139 Å². The van der Waals surface area contributed by atoms with E-state index in [0.717, 1.165) is 0 Å². The summed E-state index contributed by atoms with van der Waals surface area (Å²) in [5.74, 6) is -1.39. The lowest BCUT2D eigenvalue weighted by molar-refractivity contribution is -0.138. The van der Waals surface area contributed by atoms with E-state index in [1.165, 1.54) is 18.2 Å². The van der Waals surface area contributed by atoms with Crippen LogP contribution in [-0.4, -0.2) is 36.2 Å². The van der Waals surface area contributed by atoms with Crippen molar-refractivity contribution in [2.24, 2.45) is 5.73 Å². The number of aromatic nitrogens is 2. The fourth-order valence-electron chi connectivity index (χ4n) is 1.80. The van der Waals surface area contributed by atoms with E-state index >= 15 is 0 Å². The Balaban J connectivity index is 2.64. The maximum absolute atomic E-state index is 11.6. The van der Waals surface area contributed by atoms with E-state index in [1.807, 2.05) is 0 Å². The van der Waals surface area contributed by atoms with Gasteiger partial charge in [0.2, 0.25) is 0 Å². The molecule has 2 aromatic rings. The van der Waals surface area contributed by atoms with Gasteiger partial charge in [-0.2, -0.15) is 0 Å². The summed E-state index contributed by atoms with van der Waals surface area (Å²) in [6.07, 6.45) is -0.313. The summed E-state index contributed by atoms with van der Waals surface area (Å²) in [6, 6.07) is 2.98. The van der Waals surface area contributed by atoms with Gasteiger partial charge in [-0.15, -0.1) is 0 Å². The number of nitrogens with two attached hydrogens (primary N) is 1. The highest BCUT2D eigenvalue weighted by Gasteiger charge is 2.27. The largest absolute Gasteiger partial charge is 0.480 e. The third-order valence-corrected chi connectivity index (χ3v) is 3.84. The lowest BCUT2D eigenvalue weighted by Crippen LogP contribution is -2.33. The molecule has 5 N–H and O–H groups in total. The summed E-state index contributed by atoms with van der Waals surface area (Å²) in [6.45, 7) is 0. The predicted octanol–water partition coefficient (Wildman–Crippen LogP) is 0.585. The molecular formula is C10H11ClN3O5P. The average molecular weight is 320 g/mol. The number of fused-ring (bicyclic) bond motifs is 1. The van der Waals surface area contributed by atoms with Crippen LogP contribution >= 0.6 is 19.3 Å². The number of benzene rings is 1. The molecule has 108 valence electrons. The van der Waals surface area contributed by atoms with Crippen molar-refractivity contribution in [3.8, 4) is 0 Å². The molecule has 0 bridgehead atoms. The third kappa shape index (κ3) is 2.84. The van der Waals surface area contributed by atoms with E-state index < -0.39 is 19.8 Å². The molecule has 0 unspecified atom stereocenters. The maximum atomic E-state index is 11.6. The SMILES string of the molecule is N[C@H](Cc1nc2cc(Cl)ccc2n1P(=O)(O)O)C(=O)O. The summed E-state index contributed by atoms with van der Waals surface area (Å²) in [4.78, 5) is 33.5. The van der Waals surface area contributed by atoms with E-state index in [-0.39, 0.29) is 23.3 Å². The minimum atomic E-state index is -4.69. The van der Waals surface area contributed by atoms with Gasteiger partial charge in [0.25, 0.3) is 0 Å². The van der Waals surface area contributed by atoms with Gasteiger partial charge in [0.15, 0.2) is 0 Å². The molecule has 1 heterocycles. The Morgan fingerprint density at radius 3 is 2.70 bits per heavy atom. The van der Waals surface area contributed by atoms with Crippen LogP contribution in [0.4, 0.5) is 0 Å². The number of hydrogen-bond donors (Lipinski definition) is 4. The van der Waals surface area contributed by atoms with Crippen LogP contribution in [0.1, 0.15) is 5.82 Å². The van der Waals surface area contributed by atoms with Crippen LogP contribution in [0.3, 0.4) is 0 Å². The summed E-state index contributed by atoms with van der Waals surface area (Å²) in [5.41, 5.74) is 5.80. The quantitative estimate of drug-likeness (QED) is 0.605. The van der Waals surface area contributed by atoms with Gasteiger partial charge >= 0.3 is 13.7 Å². The minimum Gasteiger partial charge on any atom is -0.480 e. The Labute approximate surface area is 118 Å². The van der Waals surface area contributed by atoms with Gasteiger partial charge in [-0.3, -0.25) is 4.79 Å². The first-order valence-electron chi connectivity index (χ1n) is 5.42. The van der Waals surface area contributed by atoms with E-state index in [4.69, 9.17) is 22.4 Å². The molecule has 1 aromatic heterocycles. The Kier molecular flexibility index (Phi) is 3.86. The van der Waals surface area contributed by atoms with Crippen LogP contribution in [0.2, 0.25) is 5.02 Å². The van der Waals surface area contributed by atoms with Gasteiger partial charge in [0.05, 0.1) is 11.0 Å². The fraction of sp³-hybridized carbons (Fsp3) is 0.200. The summed E-state index contributed by atoms with van der Waals surface area (Å²) in [5, 5.41) is 9.13. The zero-order chi connectivity index (χ0) is 15.1. The molecule has 0 aliphatic rings. The fourth-order valence-corrected chi connectivity index (χ4v) is 2.84. The van der Waals surface area contributed by atoms with Crippen LogP contribution < -0.4 is 5.73 Å². The molecule has 1 aromatic carbocycles. The van der Waals surface area contributed by atoms with Gasteiger partial charge in [0.1, 0.15) is 11.9 Å². The van der Waals surface area contributed by atoms with Crippen molar-refractivity contribution in [3.63, 3.8) is 0 Å². The number of aliphatic carboxylic acids is 1. The Hall–Kier alpha value is -1.44. The third-order valence-electron chi connectivity index (χ3n) is 2.64. The lowest BCUT2D eigenvalue weighted by atomic mass is 10.2. The van der Waals surface area contributed by atoms with Crippen molar-refractivity contribution >= 4 is 36.4 Å². The van der Waals surface area contributed by atoms with Crippen molar-refractivity contribution < 1.29 is 24.3 Å². The van der Waals surface area contributed by atoms with Crippen molar-refractivity contribution in [1.29, 1.82) is 0 Å². The molecular weight excluding hydrogens is 309 g/mol. The summed E-state index contributed by atoms with van der Waals surface area (Å²) < 4.78 is 12.2. The summed E-state index contributed by atoms with van der Waals surface area (Å²) in [7, 11) is -4.69. The second-order valence-electron chi connectivity index (χ2n) is 4.14. The standard InChI is InChI=1S/C10H11ClN3O5P/c11-5-1-2-8-7(3-5)13-9(4-6(12)10(15)16)14(8)20(17,18)19/h1-3,6H,4,12H2,(H,15,16)(H2,17,18,19)/t6-/m1/s1. The lowest BCUT2D eigenvalue weighted by Gasteiger charge is -2.11. The summed E-state index contributed by atoms with van der Waals surface area (Å²) >= 11 is 5.79. The van der Waals surface area contributed by atoms with Crippen LogP contribution in [0.25, 0.3) is 11.0 Å². The van der Waals surface area contributed by atoms with Crippen LogP contribution in [0.15, 0.2) is 18.2 Å². The molecule has 0 amide bonds. The van der Waals surface area contributed by atoms with Gasteiger partial charge in [0, 0.05) is 11.4 Å². The number of carboxylic acids is 1. The highest BCUT2D eigenvalue weighted by atomic mass is 35.5. The predicted molar refractivity (Wildman–Crippen MR) is 71.5 cm³/mol. The number of hydrogen-bond acceptors (Lipinski definition) is 4. The molecule has 2 rings (SSSR count). The normalized spacial score (nSPS) is 13.6. The monoisotopic (exact) mass is 319 g/mol. The zero-order valence-corrected chi connectivity index (χ0v) is 11.6. The van der Waals surface area contributed by atoms with Crippen LogP contribution in [0.5, 0.6) is 0 Å². The number of carboxylic acid groups (broad SMARTS) is 1. The van der Waals surface area contributed by atoms with Crippen LogP contribution in [0, 0.1) is 0 Å². The first-order valence-corrected chi connectivity index (χ1v) is 7.36. The van der Waals surface area contributed by atoms with E-state index in [2.05, 4.69) is 4.98 Å². The molecule has 1 atom stereocenters. The average Bonchev–Trinajstić information content (AvgIpc) is 2.65. The van der Waals surface area contributed by atoms with Crippen molar-refractivity contribution in [2.75, 3.05) is 0 Å². The number of nitrogens with zero attached hydrogens (tertiary/aromatic N) is 2. The molecule has 0 fully saturated rings. The smallest absolute Gasteiger partial charge is 0.435 e. The molecule has 0 aliphatic heterocycles. The maximum Gasteiger partial charge on any atom is 0.435 e. The Morgan fingerprint density at radius 1 is 1.50 bits per heavy atom. The van der Waals surface area contributed by atoms with Gasteiger partial charge in [-0.25, -0.2) is 13.9 Å². The number of rotatable bonds is 4. The zero-order valence-electron chi connectivity index (χ0n) is 9.97. The number of imidazole rings is 1. The molecule has 8 nitrogen and oxygen atoms in total. The van der Waals surface area contributed by atoms with E-state index in [9.17, 15) is 19.1 Å². The molecule has 0 spiro atoms. The first kappa shape index (κ1) is 15.0. The van der Waals surface area contributed by atoms with Gasteiger partial charge in [-0.1, -0.05) is 11.6 Å². The molecule has 10 heteroatoms. The van der Waals surface area contributed by atoms with Crippen molar-refractivity contribution in [2.45, 2.75) is 12.5 Å². The van der Waals surface area contributed by atoms with Gasteiger partial charge < -0.3 is 20.6 Å². The second-order valence-corrected chi connectivity index (χ2v) is 6.00. The van der Waals surface area contributed by atoms with Gasteiger partial charge in [-0.05, 0) is 18.2 Å². The Morgan fingerprint density at radius 2 is 2.15 bits per heavy atom. The molecule has 0 saturated heterocycles. The molecule has 0 radical (unpaired) electrons. The molecule has 0 aliphatic carbocycles. The highest BCUT2D eigenvalue weighted by molar-refractivity contribution is 7.50. The van der Waals surface area contributed by atoms with Crippen molar-refractivity contribution in [3.05, 3.63) is 29.0 Å². The van der Waals surface area contributed by atoms with E-state index in [1.54, 1.807) is 0 Å². The minimum absolute atomic E-state index is 0.106.